The molecular formula is C15H12ClN3O2. The number of carbonyl (C=O) groups excluding carboxylic acids is 2. The molecule has 3 N–H and O–H groups in total. The number of halogens is 1. The minimum Gasteiger partial charge on any atom is -0.384 e. The Balaban J connectivity index is 0.00000161. The van der Waals surface area contributed by atoms with E-state index in [1.165, 1.54) is 0 Å². The highest BCUT2D eigenvalue weighted by molar-refractivity contribution is 6.34. The molecule has 0 bridgehead atoms. The van der Waals surface area contributed by atoms with E-state index in [-0.39, 0.29) is 30.1 Å². The number of nitrogens with zero attached hydrogens (tertiary/aromatic N) is 1. The molecule has 0 saturated carbocycles. The van der Waals surface area contributed by atoms with Crippen LogP contribution in [0.15, 0.2) is 48.5 Å². The largest absolute Gasteiger partial charge is 0.384 e. The van der Waals surface area contributed by atoms with Crippen molar-refractivity contribution in [1.29, 1.82) is 5.41 Å². The van der Waals surface area contributed by atoms with Crippen LogP contribution in [-0.2, 0) is 0 Å². The summed E-state index contributed by atoms with van der Waals surface area (Å²) >= 11 is 0. The number of imide groups is 1. The number of fused-ring (bicyclic) bond motifs is 1. The van der Waals surface area contributed by atoms with Crippen LogP contribution in [0, 0.1) is 5.41 Å². The van der Waals surface area contributed by atoms with Gasteiger partial charge in [0.15, 0.2) is 0 Å². The molecule has 106 valence electrons. The lowest BCUT2D eigenvalue weighted by Gasteiger charge is -2.14. The highest BCUT2D eigenvalue weighted by Gasteiger charge is 2.36. The molecular weight excluding hydrogens is 290 g/mol. The summed E-state index contributed by atoms with van der Waals surface area (Å²) in [5.41, 5.74) is 7.11. The molecule has 6 heteroatoms. The van der Waals surface area contributed by atoms with Crippen LogP contribution in [0.4, 0.5) is 5.69 Å². The number of hydrogen-bond acceptors (Lipinski definition) is 3. The van der Waals surface area contributed by atoms with Gasteiger partial charge in [0.1, 0.15) is 5.84 Å². The summed E-state index contributed by atoms with van der Waals surface area (Å²) in [6.07, 6.45) is 0. The maximum Gasteiger partial charge on any atom is 0.266 e. The van der Waals surface area contributed by atoms with Crippen LogP contribution in [0.1, 0.15) is 26.3 Å². The number of nitrogens with two attached hydrogens (primary N) is 1. The van der Waals surface area contributed by atoms with E-state index in [0.29, 0.717) is 22.4 Å². The fourth-order valence-corrected chi connectivity index (χ4v) is 2.24. The number of amidine groups is 1. The van der Waals surface area contributed by atoms with Crippen LogP contribution < -0.4 is 10.6 Å². The Kier molecular flexibility index (Phi) is 3.78. The summed E-state index contributed by atoms with van der Waals surface area (Å²) in [6.45, 7) is 0. The molecule has 1 aliphatic heterocycles. The number of anilines is 1. The van der Waals surface area contributed by atoms with E-state index in [0.717, 1.165) is 4.90 Å². The first kappa shape index (κ1) is 14.7. The van der Waals surface area contributed by atoms with E-state index in [1.807, 2.05) is 0 Å². The fourth-order valence-electron chi connectivity index (χ4n) is 2.24. The third kappa shape index (κ3) is 2.28. The fraction of sp³-hybridized carbons (Fsp3) is 0. The number of nitrogens with one attached hydrogen (secondary N) is 1. The minimum absolute atomic E-state index is 0. The highest BCUT2D eigenvalue weighted by Crippen LogP contribution is 2.28. The van der Waals surface area contributed by atoms with E-state index < -0.39 is 0 Å². The van der Waals surface area contributed by atoms with Crippen molar-refractivity contribution in [2.75, 3.05) is 4.90 Å². The summed E-state index contributed by atoms with van der Waals surface area (Å²) in [5, 5.41) is 7.42. The summed E-state index contributed by atoms with van der Waals surface area (Å²) in [7, 11) is 0. The molecule has 1 heterocycles. The molecule has 5 nitrogen and oxygen atoms in total. The van der Waals surface area contributed by atoms with Gasteiger partial charge < -0.3 is 5.73 Å². The van der Waals surface area contributed by atoms with Crippen LogP contribution in [-0.4, -0.2) is 17.6 Å². The van der Waals surface area contributed by atoms with E-state index in [1.54, 1.807) is 48.5 Å². The SMILES string of the molecule is Cl.N=C(N)c1cccc(N2C(=O)c3ccccc3C2=O)c1. The van der Waals surface area contributed by atoms with Crippen molar-refractivity contribution in [3.05, 3.63) is 65.2 Å². The Morgan fingerprint density at radius 1 is 0.952 bits per heavy atom. The first-order chi connectivity index (χ1) is 9.59. The van der Waals surface area contributed by atoms with Crippen LogP contribution in [0.2, 0.25) is 0 Å². The molecule has 1 aliphatic rings. The monoisotopic (exact) mass is 301 g/mol. The normalized spacial score (nSPS) is 12.9. The Morgan fingerprint density at radius 2 is 1.52 bits per heavy atom. The smallest absolute Gasteiger partial charge is 0.266 e. The van der Waals surface area contributed by atoms with Gasteiger partial charge in [-0.05, 0) is 24.3 Å². The lowest BCUT2D eigenvalue weighted by molar-refractivity contribution is 0.0926. The molecule has 0 aromatic heterocycles. The molecule has 2 aromatic carbocycles. The average Bonchev–Trinajstić information content (AvgIpc) is 2.72. The highest BCUT2D eigenvalue weighted by atomic mass is 35.5. The number of amides is 2. The second-order valence-corrected chi connectivity index (χ2v) is 4.46. The first-order valence-electron chi connectivity index (χ1n) is 6.02. The number of nitrogen functional groups attached to an aromatic ring is 1. The predicted octanol–water partition coefficient (Wildman–Crippen LogP) is 2.19. The number of hydrogen-bond donors (Lipinski definition) is 2. The third-order valence-corrected chi connectivity index (χ3v) is 3.21. The lowest BCUT2D eigenvalue weighted by Crippen LogP contribution is -2.29. The minimum atomic E-state index is -0.355. The van der Waals surface area contributed by atoms with Gasteiger partial charge in [0.25, 0.3) is 11.8 Å². The zero-order valence-corrected chi connectivity index (χ0v) is 11.7. The summed E-state index contributed by atoms with van der Waals surface area (Å²) in [6, 6.07) is 13.2. The van der Waals surface area contributed by atoms with E-state index in [4.69, 9.17) is 11.1 Å². The molecule has 3 rings (SSSR count). The standard InChI is InChI=1S/C15H11N3O2.ClH/c16-13(17)9-4-3-5-10(8-9)18-14(19)11-6-1-2-7-12(11)15(18)20;/h1-8H,(H3,16,17);1H. The molecule has 0 radical (unpaired) electrons. The molecule has 2 aromatic rings. The Bertz CT molecular complexity index is 723. The van der Waals surface area contributed by atoms with Gasteiger partial charge in [-0.3, -0.25) is 15.0 Å². The van der Waals surface area contributed by atoms with Crippen molar-refractivity contribution in [1.82, 2.24) is 0 Å². The van der Waals surface area contributed by atoms with Crippen LogP contribution in [0.3, 0.4) is 0 Å². The van der Waals surface area contributed by atoms with Crippen molar-refractivity contribution < 1.29 is 9.59 Å². The third-order valence-electron chi connectivity index (χ3n) is 3.21. The van der Waals surface area contributed by atoms with Gasteiger partial charge in [-0.15, -0.1) is 12.4 Å². The Labute approximate surface area is 127 Å². The summed E-state index contributed by atoms with van der Waals surface area (Å²) < 4.78 is 0. The van der Waals surface area contributed by atoms with Gasteiger partial charge in [0.2, 0.25) is 0 Å². The maximum atomic E-state index is 12.3. The van der Waals surface area contributed by atoms with Gasteiger partial charge in [0, 0.05) is 5.56 Å². The first-order valence-corrected chi connectivity index (χ1v) is 6.02. The maximum absolute atomic E-state index is 12.3. The zero-order chi connectivity index (χ0) is 14.3. The van der Waals surface area contributed by atoms with Gasteiger partial charge in [-0.25, -0.2) is 4.90 Å². The van der Waals surface area contributed by atoms with Crippen LogP contribution in [0.25, 0.3) is 0 Å². The van der Waals surface area contributed by atoms with Crippen molar-refractivity contribution >= 4 is 35.7 Å². The van der Waals surface area contributed by atoms with Crippen molar-refractivity contribution in [2.24, 2.45) is 5.73 Å². The molecule has 0 atom stereocenters. The molecule has 0 fully saturated rings. The van der Waals surface area contributed by atoms with E-state index >= 15 is 0 Å². The molecule has 0 aliphatic carbocycles. The second-order valence-electron chi connectivity index (χ2n) is 4.46. The van der Waals surface area contributed by atoms with Gasteiger partial charge in [-0.2, -0.15) is 0 Å². The lowest BCUT2D eigenvalue weighted by atomic mass is 10.1. The van der Waals surface area contributed by atoms with Gasteiger partial charge in [0.05, 0.1) is 16.8 Å². The van der Waals surface area contributed by atoms with Crippen molar-refractivity contribution in [3.8, 4) is 0 Å². The number of benzene rings is 2. The molecule has 0 saturated heterocycles. The topological polar surface area (TPSA) is 87.2 Å². The van der Waals surface area contributed by atoms with E-state index in [2.05, 4.69) is 0 Å². The molecule has 0 spiro atoms. The van der Waals surface area contributed by atoms with Crippen molar-refractivity contribution in [3.63, 3.8) is 0 Å². The number of carbonyl (C=O) groups is 2. The summed E-state index contributed by atoms with van der Waals surface area (Å²) in [5.74, 6) is -0.818. The number of rotatable bonds is 2. The second kappa shape index (κ2) is 5.38. The van der Waals surface area contributed by atoms with Gasteiger partial charge in [-0.1, -0.05) is 24.3 Å². The van der Waals surface area contributed by atoms with Crippen LogP contribution >= 0.6 is 12.4 Å². The average molecular weight is 302 g/mol. The molecule has 2 amide bonds. The van der Waals surface area contributed by atoms with Crippen molar-refractivity contribution in [2.45, 2.75) is 0 Å². The Hall–Kier alpha value is -2.66. The van der Waals surface area contributed by atoms with E-state index in [9.17, 15) is 9.59 Å². The predicted molar refractivity (Wildman–Crippen MR) is 82.3 cm³/mol. The zero-order valence-electron chi connectivity index (χ0n) is 10.9. The summed E-state index contributed by atoms with van der Waals surface area (Å²) in [4.78, 5) is 25.7. The molecule has 0 unspecified atom stereocenters. The van der Waals surface area contributed by atoms with Crippen LogP contribution in [0.5, 0.6) is 0 Å². The van der Waals surface area contributed by atoms with Gasteiger partial charge >= 0.3 is 0 Å². The molecule has 21 heavy (non-hydrogen) atoms. The Morgan fingerprint density at radius 3 is 2.05 bits per heavy atom. The quantitative estimate of drug-likeness (QED) is 0.506.